The first kappa shape index (κ1) is 15.7. The Morgan fingerprint density at radius 2 is 1.96 bits per heavy atom. The van der Waals surface area contributed by atoms with Gasteiger partial charge in [-0.1, -0.05) is 18.6 Å². The number of fused-ring (bicyclic) bond motifs is 5. The Morgan fingerprint density at radius 3 is 2.68 bits per heavy atom. The predicted octanol–water partition coefficient (Wildman–Crippen LogP) is 5.12. The number of allylic oxidation sites excluding steroid dienone is 1. The quantitative estimate of drug-likeness (QED) is 0.619. The highest BCUT2D eigenvalue weighted by atomic mass is 19.1. The van der Waals surface area contributed by atoms with Gasteiger partial charge in [-0.25, -0.2) is 8.78 Å². The molecule has 0 radical (unpaired) electrons. The summed E-state index contributed by atoms with van der Waals surface area (Å²) in [7, 11) is 0. The molecule has 0 saturated heterocycles. The van der Waals surface area contributed by atoms with Crippen LogP contribution in [0, 0.1) is 24.1 Å². The van der Waals surface area contributed by atoms with Crippen LogP contribution in [-0.4, -0.2) is 5.54 Å². The van der Waals surface area contributed by atoms with Crippen molar-refractivity contribution in [2.45, 2.75) is 32.9 Å². The Labute approximate surface area is 145 Å². The molecule has 4 rings (SSSR count). The van der Waals surface area contributed by atoms with Gasteiger partial charge in [-0.05, 0) is 44.0 Å². The summed E-state index contributed by atoms with van der Waals surface area (Å²) in [5, 5.41) is 0. The lowest BCUT2D eigenvalue weighted by atomic mass is 9.83. The minimum Gasteiger partial charge on any atom is -0.485 e. The average Bonchev–Trinajstić information content (AvgIpc) is 2.53. The molecule has 2 aromatic carbocycles. The van der Waals surface area contributed by atoms with Crippen molar-refractivity contribution in [2.24, 2.45) is 0 Å². The van der Waals surface area contributed by atoms with Crippen molar-refractivity contribution in [2.75, 3.05) is 4.90 Å². The topological polar surface area (TPSA) is 12.5 Å². The van der Waals surface area contributed by atoms with E-state index in [2.05, 4.69) is 26.0 Å². The monoisotopic (exact) mass is 337 g/mol. The fraction of sp³-hybridized carbons (Fsp3) is 0.238. The molecular formula is C21H17F2NO. The van der Waals surface area contributed by atoms with Gasteiger partial charge in [0, 0.05) is 28.8 Å². The third-order valence-electron chi connectivity index (χ3n) is 4.86. The van der Waals surface area contributed by atoms with Gasteiger partial charge in [-0.3, -0.25) is 4.90 Å². The summed E-state index contributed by atoms with van der Waals surface area (Å²) in [6.45, 7) is 6.35. The predicted molar refractivity (Wildman–Crippen MR) is 95.2 cm³/mol. The Balaban J connectivity index is 2.01. The van der Waals surface area contributed by atoms with Crippen LogP contribution in [0.15, 0.2) is 30.3 Å². The van der Waals surface area contributed by atoms with Crippen LogP contribution >= 0.6 is 0 Å². The van der Waals surface area contributed by atoms with Gasteiger partial charge in [-0.2, -0.15) is 0 Å². The molecule has 0 fully saturated rings. The van der Waals surface area contributed by atoms with E-state index >= 15 is 0 Å². The van der Waals surface area contributed by atoms with Gasteiger partial charge in [0.1, 0.15) is 12.4 Å². The van der Waals surface area contributed by atoms with Crippen molar-refractivity contribution in [1.82, 2.24) is 0 Å². The average molecular weight is 337 g/mol. The second-order valence-electron chi connectivity index (χ2n) is 6.98. The second kappa shape index (κ2) is 5.10. The van der Waals surface area contributed by atoms with E-state index in [0.29, 0.717) is 5.56 Å². The number of benzene rings is 2. The van der Waals surface area contributed by atoms with E-state index in [0.717, 1.165) is 34.0 Å². The molecule has 0 N–H and O–H groups in total. The Morgan fingerprint density at radius 1 is 1.20 bits per heavy atom. The van der Waals surface area contributed by atoms with Crippen LogP contribution in [-0.2, 0) is 6.61 Å². The lowest BCUT2D eigenvalue weighted by Gasteiger charge is -2.40. The number of ether oxygens (including phenoxy) is 1. The summed E-state index contributed by atoms with van der Waals surface area (Å²) in [4.78, 5) is 1.87. The van der Waals surface area contributed by atoms with E-state index in [4.69, 9.17) is 11.2 Å². The molecule has 0 aliphatic carbocycles. The highest BCUT2D eigenvalue weighted by Gasteiger charge is 2.34. The van der Waals surface area contributed by atoms with E-state index in [1.54, 1.807) is 0 Å². The molecule has 0 bridgehead atoms. The van der Waals surface area contributed by atoms with Crippen molar-refractivity contribution < 1.29 is 13.5 Å². The van der Waals surface area contributed by atoms with Gasteiger partial charge >= 0.3 is 0 Å². The molecule has 0 amide bonds. The summed E-state index contributed by atoms with van der Waals surface area (Å²) in [5.41, 5.74) is 4.77. The van der Waals surface area contributed by atoms with E-state index in [1.807, 2.05) is 24.0 Å². The van der Waals surface area contributed by atoms with Crippen LogP contribution in [0.1, 0.15) is 31.9 Å². The number of hydrogen-bond acceptors (Lipinski definition) is 2. The fourth-order valence-electron chi connectivity index (χ4n) is 3.93. The molecule has 0 saturated carbocycles. The molecule has 25 heavy (non-hydrogen) atoms. The van der Waals surface area contributed by atoms with Crippen LogP contribution < -0.4 is 9.64 Å². The molecule has 2 aromatic rings. The fourth-order valence-corrected chi connectivity index (χ4v) is 3.93. The van der Waals surface area contributed by atoms with Gasteiger partial charge in [0.25, 0.3) is 0 Å². The zero-order valence-electron chi connectivity index (χ0n) is 14.3. The first-order valence-corrected chi connectivity index (χ1v) is 8.08. The highest BCUT2D eigenvalue weighted by Crippen LogP contribution is 2.47. The molecule has 2 heterocycles. The zero-order chi connectivity index (χ0) is 17.9. The van der Waals surface area contributed by atoms with Crippen LogP contribution in [0.3, 0.4) is 0 Å². The number of nitrogens with zero attached hydrogens (tertiary/aromatic N) is 1. The Bertz CT molecular complexity index is 982. The molecule has 0 atom stereocenters. The maximum atomic E-state index is 14.0. The SMILES string of the molecule is C#CN1c2ccc3c(c2C(C)=CC1(C)C)COc1c(F)cc(F)cc1-3. The number of terminal acetylenes is 1. The van der Waals surface area contributed by atoms with Crippen molar-refractivity contribution in [3.05, 3.63) is 53.1 Å². The van der Waals surface area contributed by atoms with E-state index in [1.165, 1.54) is 6.07 Å². The second-order valence-corrected chi connectivity index (χ2v) is 6.98. The van der Waals surface area contributed by atoms with Crippen LogP contribution in [0.25, 0.3) is 16.7 Å². The standard InChI is InChI=1S/C21H17F2NO/c1-5-24-18-7-6-14-15-8-13(22)9-17(23)20(15)25-11-16(14)19(18)12(2)10-21(24,3)4/h1,6-10H,11H2,2-4H3. The minimum atomic E-state index is -0.683. The van der Waals surface area contributed by atoms with Crippen LogP contribution in [0.4, 0.5) is 14.5 Å². The third kappa shape index (κ3) is 2.16. The van der Waals surface area contributed by atoms with Gasteiger partial charge in [0.05, 0.1) is 11.2 Å². The molecule has 126 valence electrons. The molecular weight excluding hydrogens is 320 g/mol. The maximum absolute atomic E-state index is 14.0. The van der Waals surface area contributed by atoms with Crippen LogP contribution in [0.5, 0.6) is 5.75 Å². The van der Waals surface area contributed by atoms with Gasteiger partial charge in [-0.15, -0.1) is 0 Å². The molecule has 0 unspecified atom stereocenters. The minimum absolute atomic E-state index is 0.0976. The van der Waals surface area contributed by atoms with E-state index in [-0.39, 0.29) is 17.9 Å². The van der Waals surface area contributed by atoms with Crippen molar-refractivity contribution >= 4 is 11.3 Å². The summed E-state index contributed by atoms with van der Waals surface area (Å²) >= 11 is 0. The van der Waals surface area contributed by atoms with E-state index < -0.39 is 11.6 Å². The Kier molecular flexibility index (Phi) is 3.20. The van der Waals surface area contributed by atoms with Gasteiger partial charge < -0.3 is 4.74 Å². The molecule has 0 spiro atoms. The maximum Gasteiger partial charge on any atom is 0.168 e. The summed E-state index contributed by atoms with van der Waals surface area (Å²) in [6, 6.07) is 8.69. The number of halogens is 2. The number of hydrogen-bond donors (Lipinski definition) is 0. The molecule has 4 heteroatoms. The first-order chi connectivity index (χ1) is 11.8. The third-order valence-corrected chi connectivity index (χ3v) is 4.86. The lowest BCUT2D eigenvalue weighted by molar-refractivity contribution is 0.285. The van der Waals surface area contributed by atoms with Crippen molar-refractivity contribution in [3.8, 4) is 29.3 Å². The number of anilines is 1. The molecule has 2 nitrogen and oxygen atoms in total. The highest BCUT2D eigenvalue weighted by molar-refractivity contribution is 5.90. The van der Waals surface area contributed by atoms with E-state index in [9.17, 15) is 8.78 Å². The first-order valence-electron chi connectivity index (χ1n) is 8.08. The van der Waals surface area contributed by atoms with Gasteiger partial charge in [0.15, 0.2) is 11.6 Å². The molecule has 2 aliphatic heterocycles. The summed E-state index contributed by atoms with van der Waals surface area (Å²) in [5.74, 6) is -1.21. The molecule has 0 aromatic heterocycles. The molecule has 2 aliphatic rings. The normalized spacial score (nSPS) is 16.8. The largest absolute Gasteiger partial charge is 0.485 e. The zero-order valence-corrected chi connectivity index (χ0v) is 14.3. The van der Waals surface area contributed by atoms with Crippen LogP contribution in [0.2, 0.25) is 0 Å². The van der Waals surface area contributed by atoms with Gasteiger partial charge in [0.2, 0.25) is 0 Å². The van der Waals surface area contributed by atoms with Crippen molar-refractivity contribution in [1.29, 1.82) is 0 Å². The number of rotatable bonds is 0. The lowest BCUT2D eigenvalue weighted by Crippen LogP contribution is -2.42. The summed E-state index contributed by atoms with van der Waals surface area (Å²) in [6.07, 6.45) is 7.86. The van der Waals surface area contributed by atoms with Crippen molar-refractivity contribution in [3.63, 3.8) is 0 Å². The smallest absolute Gasteiger partial charge is 0.168 e. The Hall–Kier alpha value is -2.80. The summed E-state index contributed by atoms with van der Waals surface area (Å²) < 4.78 is 33.4.